The summed E-state index contributed by atoms with van der Waals surface area (Å²) in [6.45, 7) is 0. The molecule has 0 unspecified atom stereocenters. The van der Waals surface area contributed by atoms with Crippen molar-refractivity contribution >= 4 is 26.8 Å². The highest BCUT2D eigenvalue weighted by Gasteiger charge is 2.06. The van der Waals surface area contributed by atoms with Crippen LogP contribution < -0.4 is 0 Å². The largest absolute Gasteiger partial charge is 0.218 e. The first-order chi connectivity index (χ1) is 8.78. The van der Waals surface area contributed by atoms with Crippen LogP contribution in [0, 0.1) is 11.3 Å². The van der Waals surface area contributed by atoms with Gasteiger partial charge in [-0.05, 0) is 24.3 Å². The van der Waals surface area contributed by atoms with Crippen LogP contribution in [-0.2, 0) is 0 Å². The van der Waals surface area contributed by atoms with Crippen molar-refractivity contribution in [2.24, 2.45) is 0 Å². The zero-order valence-electron chi connectivity index (χ0n) is 9.21. The molecule has 0 aliphatic carbocycles. The Hall–Kier alpha value is -2.19. The number of halogens is 1. The first kappa shape index (κ1) is 10.9. The third-order valence-electron chi connectivity index (χ3n) is 2.60. The van der Waals surface area contributed by atoms with Crippen LogP contribution in [0.4, 0.5) is 0 Å². The SMILES string of the molecule is N#Cc1cccc(-n2ncc3ccc(Br)cc32)n1. The van der Waals surface area contributed by atoms with Crippen molar-refractivity contribution in [2.75, 3.05) is 0 Å². The zero-order chi connectivity index (χ0) is 12.5. The third-order valence-corrected chi connectivity index (χ3v) is 3.09. The maximum Gasteiger partial charge on any atom is 0.155 e. The Morgan fingerprint density at radius 1 is 1.22 bits per heavy atom. The molecule has 0 amide bonds. The highest BCUT2D eigenvalue weighted by molar-refractivity contribution is 9.10. The zero-order valence-corrected chi connectivity index (χ0v) is 10.8. The van der Waals surface area contributed by atoms with E-state index in [1.54, 1.807) is 23.0 Å². The van der Waals surface area contributed by atoms with Gasteiger partial charge in [0.2, 0.25) is 0 Å². The monoisotopic (exact) mass is 298 g/mol. The molecular formula is C13H7BrN4. The van der Waals surface area contributed by atoms with Crippen LogP contribution in [-0.4, -0.2) is 14.8 Å². The Balaban J connectivity index is 2.25. The first-order valence-electron chi connectivity index (χ1n) is 5.29. The molecule has 0 aliphatic heterocycles. The molecule has 0 fully saturated rings. The Morgan fingerprint density at radius 2 is 2.11 bits per heavy atom. The standard InChI is InChI=1S/C13H7BrN4/c14-10-5-4-9-8-16-18(12(9)6-10)13-3-1-2-11(7-15)17-13/h1-6,8H. The van der Waals surface area contributed by atoms with Gasteiger partial charge in [-0.3, -0.25) is 0 Å². The molecular weight excluding hydrogens is 292 g/mol. The summed E-state index contributed by atoms with van der Waals surface area (Å²) in [5.41, 5.74) is 1.33. The molecule has 0 atom stereocenters. The Kier molecular flexibility index (Phi) is 2.58. The number of nitriles is 1. The molecule has 0 N–H and O–H groups in total. The van der Waals surface area contributed by atoms with Crippen molar-refractivity contribution in [1.82, 2.24) is 14.8 Å². The summed E-state index contributed by atoms with van der Waals surface area (Å²) >= 11 is 3.44. The minimum Gasteiger partial charge on any atom is -0.218 e. The lowest BCUT2D eigenvalue weighted by Crippen LogP contribution is -2.00. The van der Waals surface area contributed by atoms with E-state index in [4.69, 9.17) is 5.26 Å². The number of pyridine rings is 1. The van der Waals surface area contributed by atoms with E-state index in [2.05, 4.69) is 26.0 Å². The van der Waals surface area contributed by atoms with E-state index >= 15 is 0 Å². The van der Waals surface area contributed by atoms with Crippen LogP contribution in [0.1, 0.15) is 5.69 Å². The van der Waals surface area contributed by atoms with E-state index in [1.807, 2.05) is 30.3 Å². The maximum atomic E-state index is 8.87. The molecule has 0 saturated carbocycles. The molecule has 3 aromatic rings. The number of hydrogen-bond donors (Lipinski definition) is 0. The van der Waals surface area contributed by atoms with Gasteiger partial charge in [0, 0.05) is 9.86 Å². The number of nitrogens with zero attached hydrogens (tertiary/aromatic N) is 4. The van der Waals surface area contributed by atoms with Gasteiger partial charge >= 0.3 is 0 Å². The topological polar surface area (TPSA) is 54.5 Å². The lowest BCUT2D eigenvalue weighted by Gasteiger charge is -2.02. The van der Waals surface area contributed by atoms with Crippen LogP contribution >= 0.6 is 15.9 Å². The predicted molar refractivity (Wildman–Crippen MR) is 71.3 cm³/mol. The number of rotatable bonds is 1. The Morgan fingerprint density at radius 3 is 2.94 bits per heavy atom. The fraction of sp³-hybridized carbons (Fsp3) is 0. The van der Waals surface area contributed by atoms with Crippen molar-refractivity contribution in [3.63, 3.8) is 0 Å². The Labute approximate surface area is 112 Å². The van der Waals surface area contributed by atoms with Crippen molar-refractivity contribution < 1.29 is 0 Å². The average molecular weight is 299 g/mol. The third kappa shape index (κ3) is 1.77. The van der Waals surface area contributed by atoms with E-state index < -0.39 is 0 Å². The maximum absolute atomic E-state index is 8.87. The summed E-state index contributed by atoms with van der Waals surface area (Å²) in [6.07, 6.45) is 1.78. The molecule has 86 valence electrons. The number of hydrogen-bond acceptors (Lipinski definition) is 3. The molecule has 3 rings (SSSR count). The lowest BCUT2D eigenvalue weighted by molar-refractivity contribution is 0.871. The quantitative estimate of drug-likeness (QED) is 0.694. The van der Waals surface area contributed by atoms with E-state index in [1.165, 1.54) is 0 Å². The summed E-state index contributed by atoms with van der Waals surface area (Å²) in [5, 5.41) is 14.2. The second-order valence-corrected chi connectivity index (χ2v) is 4.67. The normalized spacial score (nSPS) is 10.4. The van der Waals surface area contributed by atoms with Crippen molar-refractivity contribution in [1.29, 1.82) is 5.26 Å². The molecule has 0 saturated heterocycles. The van der Waals surface area contributed by atoms with E-state index in [0.717, 1.165) is 15.4 Å². The Bertz CT molecular complexity index is 770. The smallest absolute Gasteiger partial charge is 0.155 e. The highest BCUT2D eigenvalue weighted by atomic mass is 79.9. The van der Waals surface area contributed by atoms with Gasteiger partial charge in [0.05, 0.1) is 11.7 Å². The fourth-order valence-corrected chi connectivity index (χ4v) is 2.13. The summed E-state index contributed by atoms with van der Waals surface area (Å²) in [6, 6.07) is 13.2. The van der Waals surface area contributed by atoms with E-state index in [-0.39, 0.29) is 0 Å². The van der Waals surface area contributed by atoms with Crippen LogP contribution in [0.2, 0.25) is 0 Å². The molecule has 0 spiro atoms. The molecule has 2 aromatic heterocycles. The van der Waals surface area contributed by atoms with Gasteiger partial charge in [0.1, 0.15) is 11.8 Å². The summed E-state index contributed by atoms with van der Waals surface area (Å²) in [7, 11) is 0. The van der Waals surface area contributed by atoms with Crippen LogP contribution in [0.25, 0.3) is 16.7 Å². The summed E-state index contributed by atoms with van der Waals surface area (Å²) in [4.78, 5) is 4.24. The lowest BCUT2D eigenvalue weighted by atomic mass is 10.2. The molecule has 5 heteroatoms. The molecule has 2 heterocycles. The minimum atomic E-state index is 0.381. The van der Waals surface area contributed by atoms with Gasteiger partial charge < -0.3 is 0 Å². The van der Waals surface area contributed by atoms with Gasteiger partial charge in [0.25, 0.3) is 0 Å². The number of fused-ring (bicyclic) bond motifs is 1. The molecule has 0 aliphatic rings. The van der Waals surface area contributed by atoms with Gasteiger partial charge in [-0.1, -0.05) is 28.1 Å². The second kappa shape index (κ2) is 4.24. The van der Waals surface area contributed by atoms with Gasteiger partial charge in [0.15, 0.2) is 5.82 Å². The molecule has 18 heavy (non-hydrogen) atoms. The van der Waals surface area contributed by atoms with Gasteiger partial charge in [-0.25, -0.2) is 9.67 Å². The summed E-state index contributed by atoms with van der Waals surface area (Å²) in [5.74, 6) is 0.641. The van der Waals surface area contributed by atoms with Crippen LogP contribution in [0.3, 0.4) is 0 Å². The molecule has 0 bridgehead atoms. The van der Waals surface area contributed by atoms with Crippen molar-refractivity contribution in [2.45, 2.75) is 0 Å². The second-order valence-electron chi connectivity index (χ2n) is 3.75. The van der Waals surface area contributed by atoms with E-state index in [9.17, 15) is 0 Å². The van der Waals surface area contributed by atoms with E-state index in [0.29, 0.717) is 11.5 Å². The van der Waals surface area contributed by atoms with Crippen molar-refractivity contribution in [3.05, 3.63) is 52.8 Å². The highest BCUT2D eigenvalue weighted by Crippen LogP contribution is 2.21. The molecule has 4 nitrogen and oxygen atoms in total. The van der Waals surface area contributed by atoms with Crippen molar-refractivity contribution in [3.8, 4) is 11.9 Å². The first-order valence-corrected chi connectivity index (χ1v) is 6.08. The number of benzene rings is 1. The minimum absolute atomic E-state index is 0.381. The number of aromatic nitrogens is 3. The molecule has 0 radical (unpaired) electrons. The summed E-state index contributed by atoms with van der Waals surface area (Å²) < 4.78 is 2.70. The van der Waals surface area contributed by atoms with Gasteiger partial charge in [-0.15, -0.1) is 0 Å². The fourth-order valence-electron chi connectivity index (χ4n) is 1.78. The molecule has 1 aromatic carbocycles. The van der Waals surface area contributed by atoms with Crippen LogP contribution in [0.15, 0.2) is 47.1 Å². The van der Waals surface area contributed by atoms with Crippen LogP contribution in [0.5, 0.6) is 0 Å². The predicted octanol–water partition coefficient (Wildman–Crippen LogP) is 3.05. The average Bonchev–Trinajstić information content (AvgIpc) is 2.81. The van der Waals surface area contributed by atoms with Gasteiger partial charge in [-0.2, -0.15) is 10.4 Å².